The van der Waals surface area contributed by atoms with E-state index in [1.165, 1.54) is 0 Å². The van der Waals surface area contributed by atoms with Gasteiger partial charge in [0.05, 0.1) is 12.2 Å². The van der Waals surface area contributed by atoms with E-state index in [1.807, 2.05) is 26.0 Å². The monoisotopic (exact) mass is 233 g/mol. The first-order chi connectivity index (χ1) is 8.19. The van der Waals surface area contributed by atoms with E-state index in [0.29, 0.717) is 24.1 Å². The molecule has 0 saturated carbocycles. The lowest BCUT2D eigenvalue weighted by Gasteiger charge is -2.04. The number of pyridine rings is 1. The number of anilines is 2. The molecule has 0 aliphatic carbocycles. The number of rotatable bonds is 4. The Bertz CT molecular complexity index is 489. The average molecular weight is 233 g/mol. The van der Waals surface area contributed by atoms with Gasteiger partial charge in [0.15, 0.2) is 0 Å². The van der Waals surface area contributed by atoms with Crippen LogP contribution in [-0.2, 0) is 6.54 Å². The highest BCUT2D eigenvalue weighted by Crippen LogP contribution is 2.12. The maximum atomic E-state index is 5.45. The standard InChI is InChI=1S/C11H15N5O/c1-7-8(2)17-11(14-7)6-13-9-4-3-5-10(15-9)16-12/h3-5H,6,12H2,1-2H3,(H2,13,15,16). The summed E-state index contributed by atoms with van der Waals surface area (Å²) in [6.45, 7) is 4.30. The summed E-state index contributed by atoms with van der Waals surface area (Å²) in [5, 5.41) is 3.11. The molecule has 6 nitrogen and oxygen atoms in total. The normalized spacial score (nSPS) is 10.3. The fourth-order valence-electron chi connectivity index (χ4n) is 1.39. The summed E-state index contributed by atoms with van der Waals surface area (Å²) in [5.41, 5.74) is 3.40. The highest BCUT2D eigenvalue weighted by atomic mass is 16.4. The Labute approximate surface area is 99.2 Å². The van der Waals surface area contributed by atoms with Crippen LogP contribution in [-0.4, -0.2) is 9.97 Å². The number of nitrogens with one attached hydrogen (secondary N) is 2. The molecule has 4 N–H and O–H groups in total. The van der Waals surface area contributed by atoms with Crippen molar-refractivity contribution in [2.24, 2.45) is 5.84 Å². The van der Waals surface area contributed by atoms with Gasteiger partial charge in [0.25, 0.3) is 0 Å². The Morgan fingerprint density at radius 2 is 2.00 bits per heavy atom. The van der Waals surface area contributed by atoms with Crippen LogP contribution < -0.4 is 16.6 Å². The van der Waals surface area contributed by atoms with Gasteiger partial charge in [0.1, 0.15) is 17.4 Å². The second-order valence-corrected chi connectivity index (χ2v) is 3.66. The van der Waals surface area contributed by atoms with Crippen LogP contribution in [0.5, 0.6) is 0 Å². The third-order valence-corrected chi connectivity index (χ3v) is 2.39. The highest BCUT2D eigenvalue weighted by molar-refractivity contribution is 5.44. The molecule has 0 amide bonds. The molecule has 0 radical (unpaired) electrons. The quantitative estimate of drug-likeness (QED) is 0.549. The summed E-state index contributed by atoms with van der Waals surface area (Å²) in [5.74, 6) is 8.09. The Hall–Kier alpha value is -2.08. The third kappa shape index (κ3) is 2.73. The van der Waals surface area contributed by atoms with Gasteiger partial charge in [0, 0.05) is 0 Å². The number of hydrogen-bond donors (Lipinski definition) is 3. The average Bonchev–Trinajstić information content (AvgIpc) is 2.67. The number of aromatic nitrogens is 2. The van der Waals surface area contributed by atoms with E-state index in [4.69, 9.17) is 10.3 Å². The van der Waals surface area contributed by atoms with E-state index >= 15 is 0 Å². The zero-order valence-electron chi connectivity index (χ0n) is 9.82. The van der Waals surface area contributed by atoms with Crippen molar-refractivity contribution >= 4 is 11.6 Å². The van der Waals surface area contributed by atoms with Crippen molar-refractivity contribution in [3.05, 3.63) is 35.5 Å². The fraction of sp³-hybridized carbons (Fsp3) is 0.273. The first kappa shape index (κ1) is 11.4. The molecule has 0 spiro atoms. The Kier molecular flexibility index (Phi) is 3.24. The van der Waals surface area contributed by atoms with E-state index in [-0.39, 0.29) is 0 Å². The zero-order valence-corrected chi connectivity index (χ0v) is 9.82. The lowest BCUT2D eigenvalue weighted by atomic mass is 10.4. The minimum absolute atomic E-state index is 0.496. The molecule has 6 heteroatoms. The first-order valence-corrected chi connectivity index (χ1v) is 5.29. The van der Waals surface area contributed by atoms with E-state index in [0.717, 1.165) is 11.5 Å². The maximum absolute atomic E-state index is 5.45. The van der Waals surface area contributed by atoms with E-state index in [2.05, 4.69) is 20.7 Å². The SMILES string of the molecule is Cc1nc(CNc2cccc(NN)n2)oc1C. The highest BCUT2D eigenvalue weighted by Gasteiger charge is 2.05. The topological polar surface area (TPSA) is 89.0 Å². The van der Waals surface area contributed by atoms with Gasteiger partial charge in [-0.15, -0.1) is 0 Å². The van der Waals surface area contributed by atoms with Gasteiger partial charge >= 0.3 is 0 Å². The number of nitrogens with two attached hydrogens (primary N) is 1. The molecule has 0 atom stereocenters. The van der Waals surface area contributed by atoms with Crippen molar-refractivity contribution in [3.63, 3.8) is 0 Å². The van der Waals surface area contributed by atoms with Crippen molar-refractivity contribution in [1.82, 2.24) is 9.97 Å². The predicted octanol–water partition coefficient (Wildman–Crippen LogP) is 1.58. The van der Waals surface area contributed by atoms with Crippen molar-refractivity contribution in [2.75, 3.05) is 10.7 Å². The Morgan fingerprint density at radius 3 is 2.65 bits per heavy atom. The Morgan fingerprint density at radius 1 is 1.24 bits per heavy atom. The van der Waals surface area contributed by atoms with Crippen molar-refractivity contribution in [3.8, 4) is 0 Å². The van der Waals surface area contributed by atoms with Crippen LogP contribution in [0, 0.1) is 13.8 Å². The van der Waals surface area contributed by atoms with Gasteiger partial charge in [-0.2, -0.15) is 0 Å². The molecule has 0 bridgehead atoms. The van der Waals surface area contributed by atoms with Gasteiger partial charge in [-0.05, 0) is 26.0 Å². The predicted molar refractivity (Wildman–Crippen MR) is 65.4 cm³/mol. The summed E-state index contributed by atoms with van der Waals surface area (Å²) in [7, 11) is 0. The number of nitrogen functional groups attached to an aromatic ring is 1. The van der Waals surface area contributed by atoms with Crippen LogP contribution in [0.15, 0.2) is 22.6 Å². The molecule has 0 fully saturated rings. The minimum atomic E-state index is 0.496. The summed E-state index contributed by atoms with van der Waals surface area (Å²) in [6, 6.07) is 5.49. The second-order valence-electron chi connectivity index (χ2n) is 3.66. The number of aryl methyl sites for hydroxylation is 2. The largest absolute Gasteiger partial charge is 0.444 e. The molecule has 2 heterocycles. The molecule has 90 valence electrons. The van der Waals surface area contributed by atoms with E-state index in [1.54, 1.807) is 6.07 Å². The smallest absolute Gasteiger partial charge is 0.213 e. The van der Waals surface area contributed by atoms with Crippen molar-refractivity contribution in [1.29, 1.82) is 0 Å². The third-order valence-electron chi connectivity index (χ3n) is 2.39. The molecular weight excluding hydrogens is 218 g/mol. The summed E-state index contributed by atoms with van der Waals surface area (Å²) in [4.78, 5) is 8.49. The molecule has 0 aliphatic heterocycles. The molecule has 0 aromatic carbocycles. The van der Waals surface area contributed by atoms with Crippen LogP contribution in [0.1, 0.15) is 17.3 Å². The number of hydrazine groups is 1. The molecule has 17 heavy (non-hydrogen) atoms. The zero-order chi connectivity index (χ0) is 12.3. The number of oxazole rings is 1. The van der Waals surface area contributed by atoms with E-state index in [9.17, 15) is 0 Å². The molecule has 0 aliphatic rings. The van der Waals surface area contributed by atoms with Gasteiger partial charge in [-0.25, -0.2) is 15.8 Å². The maximum Gasteiger partial charge on any atom is 0.213 e. The number of nitrogens with zero attached hydrogens (tertiary/aromatic N) is 2. The first-order valence-electron chi connectivity index (χ1n) is 5.29. The van der Waals surface area contributed by atoms with Crippen LogP contribution >= 0.6 is 0 Å². The Balaban J connectivity index is 2.01. The molecule has 0 unspecified atom stereocenters. The molecule has 2 aromatic heterocycles. The molecule has 2 rings (SSSR count). The van der Waals surface area contributed by atoms with Crippen molar-refractivity contribution < 1.29 is 4.42 Å². The van der Waals surface area contributed by atoms with Gasteiger partial charge < -0.3 is 15.2 Å². The van der Waals surface area contributed by atoms with Gasteiger partial charge in [-0.3, -0.25) is 0 Å². The van der Waals surface area contributed by atoms with Crippen LogP contribution in [0.25, 0.3) is 0 Å². The summed E-state index contributed by atoms with van der Waals surface area (Å²) in [6.07, 6.45) is 0. The number of hydrogen-bond acceptors (Lipinski definition) is 6. The van der Waals surface area contributed by atoms with Gasteiger partial charge in [-0.1, -0.05) is 6.07 Å². The van der Waals surface area contributed by atoms with Crippen LogP contribution in [0.4, 0.5) is 11.6 Å². The fourth-order valence-corrected chi connectivity index (χ4v) is 1.39. The van der Waals surface area contributed by atoms with Crippen LogP contribution in [0.3, 0.4) is 0 Å². The lowest BCUT2D eigenvalue weighted by molar-refractivity contribution is 0.478. The summed E-state index contributed by atoms with van der Waals surface area (Å²) < 4.78 is 5.45. The summed E-state index contributed by atoms with van der Waals surface area (Å²) >= 11 is 0. The lowest BCUT2D eigenvalue weighted by Crippen LogP contribution is -2.09. The molecule has 2 aromatic rings. The van der Waals surface area contributed by atoms with E-state index < -0.39 is 0 Å². The van der Waals surface area contributed by atoms with Crippen LogP contribution in [0.2, 0.25) is 0 Å². The molecular formula is C11H15N5O. The second kappa shape index (κ2) is 4.84. The van der Waals surface area contributed by atoms with Crippen molar-refractivity contribution in [2.45, 2.75) is 20.4 Å². The molecule has 0 saturated heterocycles. The minimum Gasteiger partial charge on any atom is -0.444 e. The van der Waals surface area contributed by atoms with Gasteiger partial charge in [0.2, 0.25) is 5.89 Å².